The number of carboxylic acid groups (broad SMARTS) is 1. The molecule has 27 heavy (non-hydrogen) atoms. The lowest BCUT2D eigenvalue weighted by atomic mass is 9.72. The topological polar surface area (TPSA) is 60.8 Å². The van der Waals surface area contributed by atoms with Crippen LogP contribution in [0.1, 0.15) is 42.9 Å². The minimum Gasteiger partial charge on any atom is -0.508 e. The van der Waals surface area contributed by atoms with Crippen LogP contribution in [0.3, 0.4) is 0 Å². The zero-order chi connectivity index (χ0) is 19.6. The molecule has 144 valence electrons. The lowest BCUT2D eigenvalue weighted by molar-refractivity contribution is -0.142. The molecule has 0 aromatic heterocycles. The third kappa shape index (κ3) is 3.97. The lowest BCUT2D eigenvalue weighted by Crippen LogP contribution is -2.37. The summed E-state index contributed by atoms with van der Waals surface area (Å²) in [6.45, 7) is 2.43. The fourth-order valence-electron chi connectivity index (χ4n) is 4.22. The van der Waals surface area contributed by atoms with Crippen LogP contribution in [-0.4, -0.2) is 40.7 Å². The number of hydrogen-bond acceptors (Lipinski definition) is 3. The van der Waals surface area contributed by atoms with Crippen LogP contribution >= 0.6 is 11.6 Å². The quantitative estimate of drug-likeness (QED) is 0.736. The molecule has 2 aromatic rings. The molecular weight excluding hydrogens is 362 g/mol. The van der Waals surface area contributed by atoms with E-state index in [0.29, 0.717) is 0 Å². The van der Waals surface area contributed by atoms with Crippen molar-refractivity contribution in [2.75, 3.05) is 13.6 Å². The fourth-order valence-corrected chi connectivity index (χ4v) is 4.41. The number of phenolic OH excluding ortho intramolecular Hbond substituents is 1. The summed E-state index contributed by atoms with van der Waals surface area (Å²) in [6, 6.07) is 13.1. The Morgan fingerprint density at radius 3 is 2.63 bits per heavy atom. The molecule has 5 heteroatoms. The predicted octanol–water partition coefficient (Wildman–Crippen LogP) is 4.46. The number of phenols is 1. The lowest BCUT2D eigenvalue weighted by Gasteiger charge is -2.33. The largest absolute Gasteiger partial charge is 0.508 e. The molecule has 1 aliphatic rings. The number of carbonyl (C=O) groups is 1. The number of aromatic hydroxyl groups is 1. The molecule has 2 aromatic carbocycles. The Labute approximate surface area is 165 Å². The highest BCUT2D eigenvalue weighted by Crippen LogP contribution is 2.48. The first-order chi connectivity index (χ1) is 12.8. The number of rotatable bonds is 7. The van der Waals surface area contributed by atoms with Gasteiger partial charge in [-0.3, -0.25) is 9.69 Å². The van der Waals surface area contributed by atoms with Gasteiger partial charge in [-0.2, -0.15) is 0 Å². The molecule has 3 rings (SSSR count). The summed E-state index contributed by atoms with van der Waals surface area (Å²) in [7, 11) is 1.86. The minimum atomic E-state index is -0.799. The Balaban J connectivity index is 1.87. The third-order valence-corrected chi connectivity index (χ3v) is 6.19. The van der Waals surface area contributed by atoms with Gasteiger partial charge in [0.2, 0.25) is 0 Å². The summed E-state index contributed by atoms with van der Waals surface area (Å²) in [4.78, 5) is 13.1. The van der Waals surface area contributed by atoms with Crippen LogP contribution < -0.4 is 0 Å². The van der Waals surface area contributed by atoms with Crippen molar-refractivity contribution in [3.05, 3.63) is 64.2 Å². The first-order valence-electron chi connectivity index (χ1n) is 9.35. The number of aryl methyl sites for hydroxylation is 1. The summed E-state index contributed by atoms with van der Waals surface area (Å²) in [5.41, 5.74) is 3.64. The maximum atomic E-state index is 11.2. The van der Waals surface area contributed by atoms with Crippen LogP contribution in [0.25, 0.3) is 0 Å². The third-order valence-electron chi connectivity index (χ3n) is 5.96. The Morgan fingerprint density at radius 2 is 1.96 bits per heavy atom. The van der Waals surface area contributed by atoms with Crippen molar-refractivity contribution in [3.63, 3.8) is 0 Å². The van der Waals surface area contributed by atoms with E-state index in [1.165, 1.54) is 16.7 Å². The highest BCUT2D eigenvalue weighted by molar-refractivity contribution is 6.30. The van der Waals surface area contributed by atoms with E-state index in [-0.39, 0.29) is 11.2 Å². The molecule has 0 radical (unpaired) electrons. The van der Waals surface area contributed by atoms with Crippen molar-refractivity contribution in [3.8, 4) is 5.75 Å². The molecule has 4 nitrogen and oxygen atoms in total. The van der Waals surface area contributed by atoms with E-state index in [9.17, 15) is 15.0 Å². The van der Waals surface area contributed by atoms with E-state index in [1.807, 2.05) is 30.1 Å². The standard InChI is InChI=1S/C22H26ClNO3/c1-15(21(26)27)24(2)13-3-11-22(17-4-7-19(25)8-5-17)12-10-16-14-18(23)6-9-20(16)22/h4-9,14-15,25H,3,10-13H2,1-2H3,(H,26,27)/t15-,22?/m0/s1. The van der Waals surface area contributed by atoms with Crippen molar-refractivity contribution in [1.29, 1.82) is 0 Å². The second-order valence-electron chi connectivity index (χ2n) is 7.53. The molecule has 0 saturated carbocycles. The summed E-state index contributed by atoms with van der Waals surface area (Å²) in [6.07, 6.45) is 3.77. The smallest absolute Gasteiger partial charge is 0.320 e. The molecular formula is C22H26ClNO3. The number of benzene rings is 2. The molecule has 2 atom stereocenters. The van der Waals surface area contributed by atoms with Crippen molar-refractivity contribution < 1.29 is 15.0 Å². The molecule has 1 unspecified atom stereocenters. The molecule has 2 N–H and O–H groups in total. The second-order valence-corrected chi connectivity index (χ2v) is 7.97. The number of likely N-dealkylation sites (N-methyl/N-ethyl adjacent to an activating group) is 1. The first-order valence-corrected chi connectivity index (χ1v) is 9.73. The van der Waals surface area contributed by atoms with E-state index in [2.05, 4.69) is 12.1 Å². The van der Waals surface area contributed by atoms with Crippen LogP contribution in [0, 0.1) is 0 Å². The van der Waals surface area contributed by atoms with Gasteiger partial charge in [0.25, 0.3) is 0 Å². The van der Waals surface area contributed by atoms with Gasteiger partial charge in [0, 0.05) is 10.4 Å². The van der Waals surface area contributed by atoms with Gasteiger partial charge in [0.1, 0.15) is 11.8 Å². The summed E-state index contributed by atoms with van der Waals surface area (Å²) in [5.74, 6) is -0.537. The molecule has 0 saturated heterocycles. The number of aliphatic carboxylic acids is 1. The highest BCUT2D eigenvalue weighted by Gasteiger charge is 2.39. The number of hydrogen-bond donors (Lipinski definition) is 2. The first kappa shape index (κ1) is 19.7. The van der Waals surface area contributed by atoms with E-state index >= 15 is 0 Å². The average molecular weight is 388 g/mol. The van der Waals surface area contributed by atoms with Gasteiger partial charge in [0.05, 0.1) is 0 Å². The number of nitrogens with zero attached hydrogens (tertiary/aromatic N) is 1. The van der Waals surface area contributed by atoms with Crippen molar-refractivity contribution in [2.24, 2.45) is 0 Å². The molecule has 0 fully saturated rings. The second kappa shape index (κ2) is 7.91. The number of fused-ring (bicyclic) bond motifs is 1. The van der Waals surface area contributed by atoms with Crippen molar-refractivity contribution >= 4 is 17.6 Å². The summed E-state index contributed by atoms with van der Waals surface area (Å²) in [5, 5.41) is 19.6. The SMILES string of the molecule is C[C@@H](C(=O)O)N(C)CCCC1(c2ccc(O)cc2)CCc2cc(Cl)ccc21. The van der Waals surface area contributed by atoms with Crippen molar-refractivity contribution in [1.82, 2.24) is 4.90 Å². The molecule has 0 heterocycles. The maximum absolute atomic E-state index is 11.2. The zero-order valence-corrected chi connectivity index (χ0v) is 16.5. The van der Waals surface area contributed by atoms with Gasteiger partial charge in [-0.15, -0.1) is 0 Å². The fraction of sp³-hybridized carbons (Fsp3) is 0.409. The van der Waals surface area contributed by atoms with E-state index in [1.54, 1.807) is 19.1 Å². The zero-order valence-electron chi connectivity index (χ0n) is 15.8. The van der Waals surface area contributed by atoms with Gasteiger partial charge in [-0.05, 0) is 87.2 Å². The Kier molecular flexibility index (Phi) is 5.78. The van der Waals surface area contributed by atoms with Crippen LogP contribution in [0.2, 0.25) is 5.02 Å². The maximum Gasteiger partial charge on any atom is 0.320 e. The normalized spacial score (nSPS) is 19.9. The number of carboxylic acids is 1. The number of halogens is 1. The van der Waals surface area contributed by atoms with Crippen molar-refractivity contribution in [2.45, 2.75) is 44.1 Å². The van der Waals surface area contributed by atoms with Gasteiger partial charge in [-0.25, -0.2) is 0 Å². The Hall–Kier alpha value is -2.04. The van der Waals surface area contributed by atoms with Gasteiger partial charge < -0.3 is 10.2 Å². The molecule has 1 aliphatic carbocycles. The van der Waals surface area contributed by atoms with Crippen LogP contribution in [0.4, 0.5) is 0 Å². The van der Waals surface area contributed by atoms with Gasteiger partial charge in [0.15, 0.2) is 0 Å². The molecule has 0 bridgehead atoms. The van der Waals surface area contributed by atoms with Crippen LogP contribution in [-0.2, 0) is 16.6 Å². The Morgan fingerprint density at radius 1 is 1.26 bits per heavy atom. The van der Waals surface area contributed by atoms with E-state index < -0.39 is 12.0 Å². The van der Waals surface area contributed by atoms with Crippen LogP contribution in [0.5, 0.6) is 5.75 Å². The molecule has 0 aliphatic heterocycles. The minimum absolute atomic E-state index is 0.124. The van der Waals surface area contributed by atoms with E-state index in [0.717, 1.165) is 37.3 Å². The average Bonchev–Trinajstić information content (AvgIpc) is 3.00. The molecule has 0 spiro atoms. The monoisotopic (exact) mass is 387 g/mol. The summed E-state index contributed by atoms with van der Waals surface area (Å²) < 4.78 is 0. The van der Waals surface area contributed by atoms with Gasteiger partial charge in [-0.1, -0.05) is 29.8 Å². The van der Waals surface area contributed by atoms with E-state index in [4.69, 9.17) is 11.6 Å². The predicted molar refractivity (Wildman–Crippen MR) is 108 cm³/mol. The Bertz CT molecular complexity index is 821. The van der Waals surface area contributed by atoms with Crippen LogP contribution in [0.15, 0.2) is 42.5 Å². The molecule has 0 amide bonds. The summed E-state index contributed by atoms with van der Waals surface area (Å²) >= 11 is 6.20. The van der Waals surface area contributed by atoms with Gasteiger partial charge >= 0.3 is 5.97 Å². The highest BCUT2D eigenvalue weighted by atomic mass is 35.5.